The third kappa shape index (κ3) is 4.61. The summed E-state index contributed by atoms with van der Waals surface area (Å²) in [4.78, 5) is 4.50. The van der Waals surface area contributed by atoms with Crippen molar-refractivity contribution in [3.8, 4) is 0 Å². The molecule has 1 nitrogen and oxygen atoms in total. The third-order valence-corrected chi connectivity index (χ3v) is 3.53. The summed E-state index contributed by atoms with van der Waals surface area (Å²) in [5.74, 6) is 0. The fourth-order valence-electron chi connectivity index (χ4n) is 1.99. The SMILES string of the molecule is BrC(/C=C/C1=CCCCC1)=NCc1ccccc1. The highest BCUT2D eigenvalue weighted by Crippen LogP contribution is 2.18. The van der Waals surface area contributed by atoms with Gasteiger partial charge >= 0.3 is 0 Å². The Morgan fingerprint density at radius 3 is 2.78 bits per heavy atom. The van der Waals surface area contributed by atoms with Gasteiger partial charge in [0.25, 0.3) is 0 Å². The molecule has 1 aromatic carbocycles. The lowest BCUT2D eigenvalue weighted by molar-refractivity contribution is 0.712. The van der Waals surface area contributed by atoms with Crippen LogP contribution < -0.4 is 0 Å². The van der Waals surface area contributed by atoms with Gasteiger partial charge in [0, 0.05) is 0 Å². The van der Waals surface area contributed by atoms with Crippen LogP contribution in [0, 0.1) is 0 Å². The number of benzene rings is 1. The maximum absolute atomic E-state index is 4.50. The summed E-state index contributed by atoms with van der Waals surface area (Å²) in [6, 6.07) is 10.3. The molecule has 94 valence electrons. The van der Waals surface area contributed by atoms with E-state index >= 15 is 0 Å². The minimum Gasteiger partial charge on any atom is -0.273 e. The predicted octanol–water partition coefficient (Wildman–Crippen LogP) is 5.04. The Kier molecular flexibility index (Phi) is 5.40. The number of halogens is 1. The van der Waals surface area contributed by atoms with Gasteiger partial charge in [0.1, 0.15) is 4.62 Å². The zero-order valence-corrected chi connectivity index (χ0v) is 12.1. The van der Waals surface area contributed by atoms with E-state index in [1.54, 1.807) is 0 Å². The number of aliphatic imine (C=N–C) groups is 1. The van der Waals surface area contributed by atoms with E-state index in [-0.39, 0.29) is 0 Å². The summed E-state index contributed by atoms with van der Waals surface area (Å²) < 4.78 is 0.915. The zero-order valence-electron chi connectivity index (χ0n) is 10.5. The molecule has 0 radical (unpaired) electrons. The number of allylic oxidation sites excluding steroid dienone is 4. The molecular weight excluding hydrogens is 286 g/mol. The molecule has 0 saturated heterocycles. The zero-order chi connectivity index (χ0) is 12.6. The number of hydrogen-bond donors (Lipinski definition) is 0. The Balaban J connectivity index is 1.89. The summed E-state index contributed by atoms with van der Waals surface area (Å²) in [7, 11) is 0. The van der Waals surface area contributed by atoms with Gasteiger partial charge in [0.2, 0.25) is 0 Å². The average Bonchev–Trinajstić information content (AvgIpc) is 2.45. The van der Waals surface area contributed by atoms with Crippen molar-refractivity contribution < 1.29 is 0 Å². The van der Waals surface area contributed by atoms with Crippen LogP contribution in [0.3, 0.4) is 0 Å². The largest absolute Gasteiger partial charge is 0.273 e. The lowest BCUT2D eigenvalue weighted by Crippen LogP contribution is -1.90. The summed E-state index contributed by atoms with van der Waals surface area (Å²) in [5, 5.41) is 0. The van der Waals surface area contributed by atoms with Gasteiger partial charge in [-0.2, -0.15) is 0 Å². The third-order valence-electron chi connectivity index (χ3n) is 3.02. The molecule has 0 atom stereocenters. The standard InChI is InChI=1S/C16H18BrN/c17-16(12-11-14-7-3-1-4-8-14)18-13-15-9-5-2-6-10-15/h2,5-7,9-12H,1,3-4,8,13H2/b12-11+,18-16?. The quantitative estimate of drug-likeness (QED) is 0.691. The van der Waals surface area contributed by atoms with Gasteiger partial charge in [-0.1, -0.05) is 48.1 Å². The first-order valence-electron chi connectivity index (χ1n) is 6.45. The Labute approximate surface area is 117 Å². The second kappa shape index (κ2) is 7.32. The van der Waals surface area contributed by atoms with Crippen molar-refractivity contribution in [3.63, 3.8) is 0 Å². The number of nitrogens with zero attached hydrogens (tertiary/aromatic N) is 1. The van der Waals surface area contributed by atoms with E-state index < -0.39 is 0 Å². The van der Waals surface area contributed by atoms with Crippen LogP contribution in [0.15, 0.2) is 59.1 Å². The molecule has 0 fully saturated rings. The van der Waals surface area contributed by atoms with Crippen molar-refractivity contribution in [1.82, 2.24) is 0 Å². The molecule has 0 heterocycles. The van der Waals surface area contributed by atoms with Crippen molar-refractivity contribution in [3.05, 3.63) is 59.7 Å². The predicted molar refractivity (Wildman–Crippen MR) is 82.2 cm³/mol. The van der Waals surface area contributed by atoms with Crippen molar-refractivity contribution >= 4 is 20.6 Å². The first-order valence-corrected chi connectivity index (χ1v) is 7.25. The maximum atomic E-state index is 4.50. The highest BCUT2D eigenvalue weighted by Gasteiger charge is 1.99. The molecule has 0 amide bonds. The molecule has 0 bridgehead atoms. The molecule has 18 heavy (non-hydrogen) atoms. The monoisotopic (exact) mass is 303 g/mol. The molecule has 1 aliphatic carbocycles. The van der Waals surface area contributed by atoms with Gasteiger partial charge in [-0.05, 0) is 53.3 Å². The molecule has 0 N–H and O–H groups in total. The molecule has 0 aromatic heterocycles. The van der Waals surface area contributed by atoms with Crippen LogP contribution in [-0.4, -0.2) is 4.62 Å². The van der Waals surface area contributed by atoms with E-state index in [1.807, 2.05) is 18.2 Å². The van der Waals surface area contributed by atoms with E-state index in [4.69, 9.17) is 0 Å². The second-order valence-corrected chi connectivity index (χ2v) is 5.30. The lowest BCUT2D eigenvalue weighted by atomic mass is 9.99. The minimum absolute atomic E-state index is 0.727. The van der Waals surface area contributed by atoms with Crippen LogP contribution >= 0.6 is 15.9 Å². The molecule has 2 rings (SSSR count). The van der Waals surface area contributed by atoms with Crippen molar-refractivity contribution in [2.24, 2.45) is 4.99 Å². The first-order chi connectivity index (χ1) is 8.84. The van der Waals surface area contributed by atoms with E-state index in [2.05, 4.69) is 51.3 Å². The molecule has 0 unspecified atom stereocenters. The second-order valence-electron chi connectivity index (χ2n) is 4.48. The van der Waals surface area contributed by atoms with E-state index in [1.165, 1.54) is 36.8 Å². The van der Waals surface area contributed by atoms with Crippen molar-refractivity contribution in [1.29, 1.82) is 0 Å². The first kappa shape index (κ1) is 13.3. The van der Waals surface area contributed by atoms with Crippen LogP contribution in [0.5, 0.6) is 0 Å². The highest BCUT2D eigenvalue weighted by atomic mass is 79.9. The molecular formula is C16H18BrN. The van der Waals surface area contributed by atoms with E-state index in [0.717, 1.165) is 11.2 Å². The van der Waals surface area contributed by atoms with Gasteiger partial charge < -0.3 is 0 Å². The minimum atomic E-state index is 0.727. The molecule has 1 aliphatic rings. The normalized spacial score (nSPS) is 16.9. The number of rotatable bonds is 4. The topological polar surface area (TPSA) is 12.4 Å². The fourth-order valence-corrected chi connectivity index (χ4v) is 2.25. The van der Waals surface area contributed by atoms with E-state index in [0.29, 0.717) is 0 Å². The Hall–Kier alpha value is -1.15. The van der Waals surface area contributed by atoms with Crippen LogP contribution in [0.1, 0.15) is 31.2 Å². The van der Waals surface area contributed by atoms with Gasteiger partial charge in [0.05, 0.1) is 6.54 Å². The Morgan fingerprint density at radius 1 is 1.22 bits per heavy atom. The molecule has 0 spiro atoms. The van der Waals surface area contributed by atoms with Crippen LogP contribution in [0.25, 0.3) is 0 Å². The Morgan fingerprint density at radius 2 is 2.06 bits per heavy atom. The summed E-state index contributed by atoms with van der Waals surface area (Å²) in [5.41, 5.74) is 2.67. The maximum Gasteiger partial charge on any atom is 0.100 e. The van der Waals surface area contributed by atoms with E-state index in [9.17, 15) is 0 Å². The van der Waals surface area contributed by atoms with Crippen LogP contribution in [0.4, 0.5) is 0 Å². The van der Waals surface area contributed by atoms with Gasteiger partial charge in [-0.25, -0.2) is 0 Å². The highest BCUT2D eigenvalue weighted by molar-refractivity contribution is 9.18. The summed E-state index contributed by atoms with van der Waals surface area (Å²) in [6.07, 6.45) is 11.6. The smallest absolute Gasteiger partial charge is 0.100 e. The van der Waals surface area contributed by atoms with Gasteiger partial charge in [-0.3, -0.25) is 4.99 Å². The Bertz CT molecular complexity index is 457. The van der Waals surface area contributed by atoms with Crippen LogP contribution in [0.2, 0.25) is 0 Å². The fraction of sp³-hybridized carbons (Fsp3) is 0.312. The molecule has 2 heteroatoms. The lowest BCUT2D eigenvalue weighted by Gasteiger charge is -2.07. The van der Waals surface area contributed by atoms with Crippen molar-refractivity contribution in [2.75, 3.05) is 0 Å². The van der Waals surface area contributed by atoms with Crippen LogP contribution in [-0.2, 0) is 6.54 Å². The summed E-state index contributed by atoms with van der Waals surface area (Å²) in [6.45, 7) is 0.727. The van der Waals surface area contributed by atoms with Gasteiger partial charge in [-0.15, -0.1) is 0 Å². The average molecular weight is 304 g/mol. The van der Waals surface area contributed by atoms with Gasteiger partial charge in [0.15, 0.2) is 0 Å². The number of hydrogen-bond acceptors (Lipinski definition) is 1. The molecule has 0 aliphatic heterocycles. The molecule has 1 aromatic rings. The van der Waals surface area contributed by atoms with Crippen molar-refractivity contribution in [2.45, 2.75) is 32.2 Å². The molecule has 0 saturated carbocycles. The summed E-state index contributed by atoms with van der Waals surface area (Å²) >= 11 is 3.50.